The number of rotatable bonds is 4. The van der Waals surface area contributed by atoms with Gasteiger partial charge in [-0.3, -0.25) is 0 Å². The van der Waals surface area contributed by atoms with Gasteiger partial charge in [0.05, 0.1) is 7.11 Å². The third-order valence-electron chi connectivity index (χ3n) is 3.21. The average molecular weight is 250 g/mol. The molecule has 0 spiro atoms. The van der Waals surface area contributed by atoms with E-state index in [-0.39, 0.29) is 5.82 Å². The van der Waals surface area contributed by atoms with Crippen LogP contribution in [0.3, 0.4) is 0 Å². The number of anilines is 1. The normalized spacial score (nSPS) is 19.8. The number of carbonyl (C=O) groups is 1. The molecule has 1 saturated heterocycles. The highest BCUT2D eigenvalue weighted by molar-refractivity contribution is 5.85. The van der Waals surface area contributed by atoms with E-state index in [2.05, 4.69) is 32.0 Å². The molecule has 2 heterocycles. The zero-order valence-electron chi connectivity index (χ0n) is 10.7. The largest absolute Gasteiger partial charge is 0.463 e. The molecule has 1 aromatic heterocycles. The molecule has 1 unspecified atom stereocenters. The number of likely N-dealkylation sites (N-methyl/N-ethyl adjacent to an activating group) is 1. The number of hydrogen-bond donors (Lipinski definition) is 1. The smallest absolute Gasteiger partial charge is 0.376 e. The van der Waals surface area contributed by atoms with E-state index in [0.29, 0.717) is 11.9 Å². The van der Waals surface area contributed by atoms with Crippen molar-refractivity contribution in [1.29, 1.82) is 0 Å². The molecular weight excluding hydrogens is 232 g/mol. The van der Waals surface area contributed by atoms with Crippen molar-refractivity contribution in [3.63, 3.8) is 0 Å². The maximum Gasteiger partial charge on any atom is 0.376 e. The van der Waals surface area contributed by atoms with Gasteiger partial charge in [-0.25, -0.2) is 14.8 Å². The lowest BCUT2D eigenvalue weighted by molar-refractivity contribution is 0.0587. The predicted octanol–water partition coefficient (Wildman–Crippen LogP) is 0.769. The number of aromatic nitrogens is 2. The molecule has 0 aliphatic carbocycles. The van der Waals surface area contributed by atoms with E-state index < -0.39 is 5.97 Å². The third-order valence-corrected chi connectivity index (χ3v) is 3.21. The molecule has 2 rings (SSSR count). The summed E-state index contributed by atoms with van der Waals surface area (Å²) in [5, 5.41) is 3.24. The van der Waals surface area contributed by atoms with Crippen molar-refractivity contribution in [2.24, 2.45) is 0 Å². The maximum atomic E-state index is 11.3. The number of esters is 1. The monoisotopic (exact) mass is 250 g/mol. The van der Waals surface area contributed by atoms with Crippen LogP contribution in [0, 0.1) is 0 Å². The van der Waals surface area contributed by atoms with Gasteiger partial charge in [-0.15, -0.1) is 0 Å². The van der Waals surface area contributed by atoms with Gasteiger partial charge in [-0.1, -0.05) is 0 Å². The van der Waals surface area contributed by atoms with Crippen molar-refractivity contribution in [2.45, 2.75) is 18.9 Å². The van der Waals surface area contributed by atoms with Crippen LogP contribution in [0.4, 0.5) is 5.82 Å². The number of methoxy groups -OCH3 is 1. The molecule has 1 fully saturated rings. The second-order valence-electron chi connectivity index (χ2n) is 4.41. The number of likely N-dealkylation sites (tertiary alicyclic amines) is 1. The topological polar surface area (TPSA) is 67.3 Å². The standard InChI is InChI=1S/C12H18N4O2/c1-16-7-3-4-9(16)8-14-10-5-6-13-11(15-10)12(17)18-2/h5-6,9H,3-4,7-8H2,1-2H3,(H,13,14,15). The van der Waals surface area contributed by atoms with E-state index in [1.807, 2.05) is 0 Å². The van der Waals surface area contributed by atoms with Crippen LogP contribution in [0.15, 0.2) is 12.3 Å². The summed E-state index contributed by atoms with van der Waals surface area (Å²) < 4.78 is 4.59. The van der Waals surface area contributed by atoms with Crippen molar-refractivity contribution in [3.8, 4) is 0 Å². The van der Waals surface area contributed by atoms with Crippen molar-refractivity contribution in [1.82, 2.24) is 14.9 Å². The molecular formula is C12H18N4O2. The van der Waals surface area contributed by atoms with Gasteiger partial charge in [-0.2, -0.15) is 0 Å². The highest BCUT2D eigenvalue weighted by Gasteiger charge is 2.20. The Labute approximate surface area is 106 Å². The summed E-state index contributed by atoms with van der Waals surface area (Å²) in [6.45, 7) is 1.97. The van der Waals surface area contributed by atoms with Gasteiger partial charge in [0.1, 0.15) is 5.82 Å². The first-order valence-corrected chi connectivity index (χ1v) is 6.06. The van der Waals surface area contributed by atoms with Gasteiger partial charge in [0, 0.05) is 18.8 Å². The molecule has 1 aliphatic heterocycles. The van der Waals surface area contributed by atoms with E-state index >= 15 is 0 Å². The average Bonchev–Trinajstić information content (AvgIpc) is 2.81. The molecule has 0 saturated carbocycles. The van der Waals surface area contributed by atoms with Crippen LogP contribution < -0.4 is 5.32 Å². The molecule has 0 amide bonds. The summed E-state index contributed by atoms with van der Waals surface area (Å²) in [6, 6.07) is 2.28. The lowest BCUT2D eigenvalue weighted by atomic mass is 10.2. The molecule has 0 bridgehead atoms. The van der Waals surface area contributed by atoms with Gasteiger partial charge in [0.2, 0.25) is 5.82 Å². The van der Waals surface area contributed by atoms with Gasteiger partial charge in [0.25, 0.3) is 0 Å². The summed E-state index contributed by atoms with van der Waals surface area (Å²) in [5.74, 6) is 0.226. The van der Waals surface area contributed by atoms with Crippen molar-refractivity contribution < 1.29 is 9.53 Å². The maximum absolute atomic E-state index is 11.3. The second kappa shape index (κ2) is 5.77. The zero-order chi connectivity index (χ0) is 13.0. The Morgan fingerprint density at radius 2 is 2.50 bits per heavy atom. The Kier molecular flexibility index (Phi) is 4.09. The molecule has 1 aliphatic rings. The molecule has 98 valence electrons. The van der Waals surface area contributed by atoms with Crippen LogP contribution >= 0.6 is 0 Å². The molecule has 0 radical (unpaired) electrons. The van der Waals surface area contributed by atoms with Crippen molar-refractivity contribution in [2.75, 3.05) is 32.6 Å². The summed E-state index contributed by atoms with van der Waals surface area (Å²) >= 11 is 0. The first-order valence-electron chi connectivity index (χ1n) is 6.06. The fraction of sp³-hybridized carbons (Fsp3) is 0.583. The van der Waals surface area contributed by atoms with Crippen LogP contribution in [0.25, 0.3) is 0 Å². The van der Waals surface area contributed by atoms with Gasteiger partial charge in [0.15, 0.2) is 0 Å². The van der Waals surface area contributed by atoms with E-state index in [1.165, 1.54) is 20.0 Å². The fourth-order valence-corrected chi connectivity index (χ4v) is 2.11. The lowest BCUT2D eigenvalue weighted by Gasteiger charge is -2.19. The summed E-state index contributed by atoms with van der Waals surface area (Å²) in [4.78, 5) is 21.6. The van der Waals surface area contributed by atoms with E-state index in [1.54, 1.807) is 12.3 Å². The summed E-state index contributed by atoms with van der Waals surface area (Å²) in [5.41, 5.74) is 0. The molecule has 1 aromatic rings. The van der Waals surface area contributed by atoms with Crippen LogP contribution in [-0.2, 0) is 4.74 Å². The Morgan fingerprint density at radius 3 is 3.17 bits per heavy atom. The number of hydrogen-bond acceptors (Lipinski definition) is 6. The molecule has 0 aromatic carbocycles. The van der Waals surface area contributed by atoms with Gasteiger partial charge in [-0.05, 0) is 32.5 Å². The molecule has 6 nitrogen and oxygen atoms in total. The molecule has 1 atom stereocenters. The minimum Gasteiger partial charge on any atom is -0.463 e. The van der Waals surface area contributed by atoms with Gasteiger partial charge < -0.3 is 15.0 Å². The Balaban J connectivity index is 1.95. The summed E-state index contributed by atoms with van der Waals surface area (Å²) in [6.07, 6.45) is 3.98. The van der Waals surface area contributed by atoms with Crippen LogP contribution in [0.1, 0.15) is 23.5 Å². The number of ether oxygens (including phenoxy) is 1. The Hall–Kier alpha value is -1.69. The van der Waals surface area contributed by atoms with Crippen LogP contribution in [0.5, 0.6) is 0 Å². The molecule has 1 N–H and O–H groups in total. The number of carbonyl (C=O) groups excluding carboxylic acids is 1. The van der Waals surface area contributed by atoms with Crippen molar-refractivity contribution >= 4 is 11.8 Å². The van der Waals surface area contributed by atoms with Crippen LogP contribution in [0.2, 0.25) is 0 Å². The zero-order valence-corrected chi connectivity index (χ0v) is 10.7. The highest BCUT2D eigenvalue weighted by atomic mass is 16.5. The molecule has 18 heavy (non-hydrogen) atoms. The quantitative estimate of drug-likeness (QED) is 0.796. The number of nitrogens with zero attached hydrogens (tertiary/aromatic N) is 3. The van der Waals surface area contributed by atoms with Gasteiger partial charge >= 0.3 is 5.97 Å². The first kappa shape index (κ1) is 12.8. The van der Waals surface area contributed by atoms with Crippen molar-refractivity contribution in [3.05, 3.63) is 18.1 Å². The highest BCUT2D eigenvalue weighted by Crippen LogP contribution is 2.15. The predicted molar refractivity (Wildman–Crippen MR) is 67.5 cm³/mol. The summed E-state index contributed by atoms with van der Waals surface area (Å²) in [7, 11) is 3.44. The van der Waals surface area contributed by atoms with Crippen LogP contribution in [-0.4, -0.2) is 54.1 Å². The first-order chi connectivity index (χ1) is 8.70. The second-order valence-corrected chi connectivity index (χ2v) is 4.41. The SMILES string of the molecule is COC(=O)c1nccc(NCC2CCCN2C)n1. The molecule has 6 heteroatoms. The minimum absolute atomic E-state index is 0.0854. The van der Waals surface area contributed by atoms with E-state index in [0.717, 1.165) is 13.1 Å². The van der Waals surface area contributed by atoms with E-state index in [4.69, 9.17) is 0 Å². The lowest BCUT2D eigenvalue weighted by Crippen LogP contribution is -2.31. The van der Waals surface area contributed by atoms with E-state index in [9.17, 15) is 4.79 Å². The fourth-order valence-electron chi connectivity index (χ4n) is 2.11. The minimum atomic E-state index is -0.517. The third kappa shape index (κ3) is 2.95. The Morgan fingerprint density at radius 1 is 1.67 bits per heavy atom. The Bertz CT molecular complexity index is 424. The number of nitrogens with one attached hydrogen (secondary N) is 1.